The van der Waals surface area contributed by atoms with Crippen LogP contribution in [-0.2, 0) is 11.2 Å². The molecule has 140 valence electrons. The van der Waals surface area contributed by atoms with Gasteiger partial charge in [0.15, 0.2) is 0 Å². The van der Waals surface area contributed by atoms with Crippen LogP contribution in [0.2, 0.25) is 5.02 Å². The number of hydrogen-bond acceptors (Lipinski definition) is 4. The monoisotopic (exact) mass is 391 g/mol. The highest BCUT2D eigenvalue weighted by Crippen LogP contribution is 2.23. The lowest BCUT2D eigenvalue weighted by Gasteiger charge is -2.38. The molecule has 0 aliphatic carbocycles. The van der Waals surface area contributed by atoms with Gasteiger partial charge in [-0.2, -0.15) is 0 Å². The highest BCUT2D eigenvalue weighted by atomic mass is 35.5. The Kier molecular flexibility index (Phi) is 7.08. The standard InChI is InChI=1S/C20H26ClN3OS/c1-23-10-12-24(13-11-23)19(16-4-6-17(21)7-5-16)15-22-20(25)9-8-18-3-2-14-26-18/h2-7,14,19H,8-13,15H2,1H3,(H,22,25). The second kappa shape index (κ2) is 9.51. The van der Waals surface area contributed by atoms with Crippen LogP contribution in [0, 0.1) is 0 Å². The van der Waals surface area contributed by atoms with Gasteiger partial charge in [0.1, 0.15) is 0 Å². The zero-order valence-corrected chi connectivity index (χ0v) is 16.7. The topological polar surface area (TPSA) is 35.6 Å². The summed E-state index contributed by atoms with van der Waals surface area (Å²) in [5.74, 6) is 0.117. The number of halogens is 1. The summed E-state index contributed by atoms with van der Waals surface area (Å²) in [6.45, 7) is 4.76. The molecular formula is C20H26ClN3OS. The molecule has 1 saturated heterocycles. The molecule has 1 aromatic carbocycles. The first-order chi connectivity index (χ1) is 12.6. The number of nitrogens with zero attached hydrogens (tertiary/aromatic N) is 2. The van der Waals surface area contributed by atoms with Crippen molar-refractivity contribution in [1.82, 2.24) is 15.1 Å². The maximum atomic E-state index is 12.3. The molecule has 1 aliphatic heterocycles. The first-order valence-corrected chi connectivity index (χ1v) is 10.3. The molecule has 1 amide bonds. The Bertz CT molecular complexity index is 682. The number of piperazine rings is 1. The molecule has 1 N–H and O–H groups in total. The van der Waals surface area contributed by atoms with Crippen LogP contribution in [0.25, 0.3) is 0 Å². The third-order valence-electron chi connectivity index (χ3n) is 4.90. The Balaban J connectivity index is 1.59. The van der Waals surface area contributed by atoms with E-state index in [-0.39, 0.29) is 11.9 Å². The van der Waals surface area contributed by atoms with Gasteiger partial charge in [-0.3, -0.25) is 9.69 Å². The van der Waals surface area contributed by atoms with Crippen LogP contribution in [0.3, 0.4) is 0 Å². The molecule has 3 rings (SSSR count). The number of benzene rings is 1. The highest BCUT2D eigenvalue weighted by Gasteiger charge is 2.24. The number of aryl methyl sites for hydroxylation is 1. The van der Waals surface area contributed by atoms with Gasteiger partial charge in [-0.05, 0) is 42.6 Å². The van der Waals surface area contributed by atoms with E-state index in [0.29, 0.717) is 13.0 Å². The van der Waals surface area contributed by atoms with Crippen LogP contribution in [0.15, 0.2) is 41.8 Å². The molecule has 1 fully saturated rings. The minimum absolute atomic E-state index is 0.117. The fourth-order valence-electron chi connectivity index (χ4n) is 3.27. The van der Waals surface area contributed by atoms with Crippen molar-refractivity contribution in [3.8, 4) is 0 Å². The summed E-state index contributed by atoms with van der Waals surface area (Å²) in [4.78, 5) is 18.4. The number of carbonyl (C=O) groups excluding carboxylic acids is 1. The minimum atomic E-state index is 0.117. The molecule has 0 bridgehead atoms. The van der Waals surface area contributed by atoms with Crippen LogP contribution < -0.4 is 5.32 Å². The van der Waals surface area contributed by atoms with Crippen LogP contribution in [-0.4, -0.2) is 55.5 Å². The van der Waals surface area contributed by atoms with E-state index >= 15 is 0 Å². The average Bonchev–Trinajstić information content (AvgIpc) is 3.16. The number of rotatable bonds is 7. The molecule has 0 radical (unpaired) electrons. The Labute approximate surface area is 164 Å². The van der Waals surface area contributed by atoms with Gasteiger partial charge in [-0.15, -0.1) is 11.3 Å². The summed E-state index contributed by atoms with van der Waals surface area (Å²) >= 11 is 7.75. The van der Waals surface area contributed by atoms with E-state index in [0.717, 1.165) is 37.6 Å². The maximum Gasteiger partial charge on any atom is 0.220 e. The Morgan fingerprint density at radius 1 is 1.19 bits per heavy atom. The van der Waals surface area contributed by atoms with Gasteiger partial charge in [0.05, 0.1) is 6.04 Å². The van der Waals surface area contributed by atoms with Gasteiger partial charge in [0.25, 0.3) is 0 Å². The van der Waals surface area contributed by atoms with Gasteiger partial charge < -0.3 is 10.2 Å². The van der Waals surface area contributed by atoms with E-state index in [2.05, 4.69) is 45.7 Å². The first kappa shape index (κ1) is 19.4. The molecule has 1 aromatic heterocycles. The SMILES string of the molecule is CN1CCN(C(CNC(=O)CCc2cccs2)c2ccc(Cl)cc2)CC1. The van der Waals surface area contributed by atoms with E-state index in [4.69, 9.17) is 11.6 Å². The third kappa shape index (κ3) is 5.55. The lowest BCUT2D eigenvalue weighted by atomic mass is 10.0. The van der Waals surface area contributed by atoms with Crippen LogP contribution >= 0.6 is 22.9 Å². The third-order valence-corrected chi connectivity index (χ3v) is 6.09. The fraction of sp³-hybridized carbons (Fsp3) is 0.450. The second-order valence-corrected chi connectivity index (χ2v) is 8.26. The van der Waals surface area contributed by atoms with Crippen LogP contribution in [0.5, 0.6) is 0 Å². The molecule has 1 unspecified atom stereocenters. The van der Waals surface area contributed by atoms with Crippen molar-refractivity contribution < 1.29 is 4.79 Å². The van der Waals surface area contributed by atoms with Crippen LogP contribution in [0.4, 0.5) is 0 Å². The zero-order chi connectivity index (χ0) is 18.4. The van der Waals surface area contributed by atoms with E-state index in [1.807, 2.05) is 18.2 Å². The largest absolute Gasteiger partial charge is 0.354 e. The summed E-state index contributed by atoms with van der Waals surface area (Å²) < 4.78 is 0. The zero-order valence-electron chi connectivity index (χ0n) is 15.2. The molecule has 2 aromatic rings. The van der Waals surface area contributed by atoms with Crippen molar-refractivity contribution >= 4 is 28.8 Å². The lowest BCUT2D eigenvalue weighted by molar-refractivity contribution is -0.121. The minimum Gasteiger partial charge on any atom is -0.354 e. The fourth-order valence-corrected chi connectivity index (χ4v) is 4.10. The van der Waals surface area contributed by atoms with E-state index in [1.54, 1.807) is 11.3 Å². The second-order valence-electron chi connectivity index (χ2n) is 6.79. The molecule has 2 heterocycles. The molecule has 0 saturated carbocycles. The summed E-state index contributed by atoms with van der Waals surface area (Å²) in [5.41, 5.74) is 1.21. The van der Waals surface area contributed by atoms with Gasteiger partial charge in [-0.25, -0.2) is 0 Å². The predicted molar refractivity (Wildman–Crippen MR) is 109 cm³/mol. The van der Waals surface area contributed by atoms with Crippen molar-refractivity contribution in [3.63, 3.8) is 0 Å². The predicted octanol–water partition coefficient (Wildman–Crippen LogP) is 3.44. The molecule has 1 aliphatic rings. The van der Waals surface area contributed by atoms with Crippen molar-refractivity contribution in [2.45, 2.75) is 18.9 Å². The number of nitrogens with one attached hydrogen (secondary N) is 1. The summed E-state index contributed by atoms with van der Waals surface area (Å²) in [6.07, 6.45) is 1.35. The molecule has 1 atom stereocenters. The van der Waals surface area contributed by atoms with Crippen molar-refractivity contribution in [2.75, 3.05) is 39.8 Å². The van der Waals surface area contributed by atoms with Crippen LogP contribution in [0.1, 0.15) is 22.9 Å². The quantitative estimate of drug-likeness (QED) is 0.785. The Morgan fingerprint density at radius 2 is 1.92 bits per heavy atom. The number of carbonyl (C=O) groups is 1. The molecular weight excluding hydrogens is 366 g/mol. The lowest BCUT2D eigenvalue weighted by Crippen LogP contribution is -2.48. The highest BCUT2D eigenvalue weighted by molar-refractivity contribution is 7.09. The average molecular weight is 392 g/mol. The van der Waals surface area contributed by atoms with Gasteiger partial charge in [0.2, 0.25) is 5.91 Å². The van der Waals surface area contributed by atoms with Gasteiger partial charge in [-0.1, -0.05) is 29.8 Å². The van der Waals surface area contributed by atoms with Gasteiger partial charge >= 0.3 is 0 Å². The smallest absolute Gasteiger partial charge is 0.220 e. The summed E-state index contributed by atoms with van der Waals surface area (Å²) in [6, 6.07) is 12.3. The van der Waals surface area contributed by atoms with Gasteiger partial charge in [0, 0.05) is 49.0 Å². The summed E-state index contributed by atoms with van der Waals surface area (Å²) in [7, 11) is 2.15. The molecule has 6 heteroatoms. The molecule has 26 heavy (non-hydrogen) atoms. The van der Waals surface area contributed by atoms with Crippen molar-refractivity contribution in [2.24, 2.45) is 0 Å². The normalized spacial score (nSPS) is 17.2. The number of amides is 1. The Morgan fingerprint density at radius 3 is 2.58 bits per heavy atom. The first-order valence-electron chi connectivity index (χ1n) is 9.09. The molecule has 0 spiro atoms. The Hall–Kier alpha value is -1.40. The van der Waals surface area contributed by atoms with E-state index < -0.39 is 0 Å². The number of hydrogen-bond donors (Lipinski definition) is 1. The number of thiophene rings is 1. The van der Waals surface area contributed by atoms with Crippen molar-refractivity contribution in [3.05, 3.63) is 57.2 Å². The van der Waals surface area contributed by atoms with E-state index in [1.165, 1.54) is 10.4 Å². The summed E-state index contributed by atoms with van der Waals surface area (Å²) in [5, 5.41) is 5.94. The molecule has 4 nitrogen and oxygen atoms in total. The van der Waals surface area contributed by atoms with E-state index in [9.17, 15) is 4.79 Å². The number of likely N-dealkylation sites (N-methyl/N-ethyl adjacent to an activating group) is 1. The maximum absolute atomic E-state index is 12.3. The van der Waals surface area contributed by atoms with Crippen molar-refractivity contribution in [1.29, 1.82) is 0 Å².